The molecule has 3 aromatic rings. The van der Waals surface area contributed by atoms with E-state index in [1.165, 1.54) is 0 Å². The van der Waals surface area contributed by atoms with Gasteiger partial charge in [0.1, 0.15) is 0 Å². The molecule has 0 saturated carbocycles. The lowest BCUT2D eigenvalue weighted by Gasteiger charge is -2.12. The Morgan fingerprint density at radius 1 is 1.17 bits per heavy atom. The second-order valence-corrected chi connectivity index (χ2v) is 6.83. The van der Waals surface area contributed by atoms with Gasteiger partial charge in [-0.1, -0.05) is 32.4 Å². The molecule has 3 rings (SSSR count). The van der Waals surface area contributed by atoms with Crippen molar-refractivity contribution in [1.82, 2.24) is 20.1 Å². The summed E-state index contributed by atoms with van der Waals surface area (Å²) in [5, 5.41) is 7.33. The summed E-state index contributed by atoms with van der Waals surface area (Å²) in [5.74, 6) is 1.90. The van der Waals surface area contributed by atoms with E-state index >= 15 is 0 Å². The lowest BCUT2D eigenvalue weighted by Crippen LogP contribution is -2.24. The van der Waals surface area contributed by atoms with Crippen LogP contribution in [0.25, 0.3) is 5.82 Å². The highest BCUT2D eigenvalue weighted by atomic mass is 16.5. The number of pyridine rings is 1. The van der Waals surface area contributed by atoms with Crippen LogP contribution < -0.4 is 14.8 Å². The fraction of sp³-hybridized carbons (Fsp3) is 0.348. The molecule has 0 unspecified atom stereocenters. The van der Waals surface area contributed by atoms with Crippen molar-refractivity contribution in [2.75, 3.05) is 13.7 Å². The highest BCUT2D eigenvalue weighted by Gasteiger charge is 2.17. The van der Waals surface area contributed by atoms with Crippen LogP contribution in [0.1, 0.15) is 48.3 Å². The Balaban J connectivity index is 1.69. The van der Waals surface area contributed by atoms with Crippen LogP contribution in [0.4, 0.5) is 0 Å². The van der Waals surface area contributed by atoms with Crippen LogP contribution in [0.5, 0.6) is 11.5 Å². The largest absolute Gasteiger partial charge is 0.493 e. The summed E-state index contributed by atoms with van der Waals surface area (Å²) >= 11 is 0. The van der Waals surface area contributed by atoms with E-state index < -0.39 is 0 Å². The van der Waals surface area contributed by atoms with Gasteiger partial charge in [-0.15, -0.1) is 0 Å². The lowest BCUT2D eigenvalue weighted by molar-refractivity contribution is 0.0950. The van der Waals surface area contributed by atoms with Crippen molar-refractivity contribution in [1.29, 1.82) is 0 Å². The summed E-state index contributed by atoms with van der Waals surface area (Å²) in [6, 6.07) is 11.3. The normalized spacial score (nSPS) is 10.6. The molecule has 0 radical (unpaired) electrons. The van der Waals surface area contributed by atoms with Gasteiger partial charge in [0.25, 0.3) is 5.91 Å². The molecule has 0 spiro atoms. The number of nitrogens with zero attached hydrogens (tertiary/aromatic N) is 3. The first-order valence-electron chi connectivity index (χ1n) is 10.2. The van der Waals surface area contributed by atoms with Crippen molar-refractivity contribution in [3.63, 3.8) is 0 Å². The van der Waals surface area contributed by atoms with Crippen molar-refractivity contribution in [2.45, 2.75) is 39.7 Å². The fourth-order valence-electron chi connectivity index (χ4n) is 3.13. The van der Waals surface area contributed by atoms with Crippen molar-refractivity contribution in [3.8, 4) is 17.3 Å². The summed E-state index contributed by atoms with van der Waals surface area (Å²) in [7, 11) is 1.61. The molecule has 0 saturated heterocycles. The number of rotatable bonds is 10. The van der Waals surface area contributed by atoms with Gasteiger partial charge in [0.05, 0.1) is 31.2 Å². The number of carbonyl (C=O) groups is 1. The molecule has 0 aliphatic carbocycles. The zero-order chi connectivity index (χ0) is 21.3. The average Bonchev–Trinajstić information content (AvgIpc) is 3.23. The molecule has 2 heterocycles. The SMILES string of the molecule is CCCCOc1ccc(CNC(=O)c2cnn(-c3ccccn3)c2CC)cc1OC. The molecule has 30 heavy (non-hydrogen) atoms. The first kappa shape index (κ1) is 21.4. The molecule has 1 aromatic carbocycles. The Hall–Kier alpha value is -3.35. The van der Waals surface area contributed by atoms with E-state index in [2.05, 4.69) is 22.3 Å². The van der Waals surface area contributed by atoms with Gasteiger partial charge in [-0.25, -0.2) is 9.67 Å². The van der Waals surface area contributed by atoms with Crippen LogP contribution in [0.2, 0.25) is 0 Å². The van der Waals surface area contributed by atoms with Crippen LogP contribution in [-0.4, -0.2) is 34.4 Å². The molecule has 1 N–H and O–H groups in total. The van der Waals surface area contributed by atoms with Crippen LogP contribution in [-0.2, 0) is 13.0 Å². The Morgan fingerprint density at radius 3 is 2.73 bits per heavy atom. The molecular weight excluding hydrogens is 380 g/mol. The van der Waals surface area contributed by atoms with Gasteiger partial charge in [-0.2, -0.15) is 5.10 Å². The van der Waals surface area contributed by atoms with E-state index in [1.54, 1.807) is 24.2 Å². The third-order valence-corrected chi connectivity index (χ3v) is 4.75. The molecule has 0 bridgehead atoms. The Morgan fingerprint density at radius 2 is 2.03 bits per heavy atom. The Bertz CT molecular complexity index is 970. The molecule has 0 fully saturated rings. The molecule has 0 aliphatic rings. The van der Waals surface area contributed by atoms with Crippen LogP contribution in [0, 0.1) is 0 Å². The molecule has 2 aromatic heterocycles. The minimum atomic E-state index is -0.170. The first-order chi connectivity index (χ1) is 14.7. The zero-order valence-corrected chi connectivity index (χ0v) is 17.7. The molecule has 7 nitrogen and oxygen atoms in total. The fourth-order valence-corrected chi connectivity index (χ4v) is 3.13. The number of aromatic nitrogens is 3. The van der Waals surface area contributed by atoms with E-state index in [0.717, 1.165) is 24.1 Å². The molecule has 0 aliphatic heterocycles. The quantitative estimate of drug-likeness (QED) is 0.514. The lowest BCUT2D eigenvalue weighted by atomic mass is 10.1. The average molecular weight is 409 g/mol. The number of amides is 1. The van der Waals surface area contributed by atoms with Crippen molar-refractivity contribution < 1.29 is 14.3 Å². The van der Waals surface area contributed by atoms with Gasteiger partial charge in [0, 0.05) is 12.7 Å². The monoisotopic (exact) mass is 408 g/mol. The van der Waals surface area contributed by atoms with Gasteiger partial charge >= 0.3 is 0 Å². The molecule has 0 atom stereocenters. The smallest absolute Gasteiger partial charge is 0.255 e. The van der Waals surface area contributed by atoms with E-state index in [1.807, 2.05) is 43.3 Å². The number of benzene rings is 1. The minimum Gasteiger partial charge on any atom is -0.493 e. The van der Waals surface area contributed by atoms with E-state index in [9.17, 15) is 4.79 Å². The highest BCUT2D eigenvalue weighted by molar-refractivity contribution is 5.95. The third kappa shape index (κ3) is 4.97. The number of methoxy groups -OCH3 is 1. The van der Waals surface area contributed by atoms with Crippen LogP contribution >= 0.6 is 0 Å². The van der Waals surface area contributed by atoms with Crippen molar-refractivity contribution in [3.05, 3.63) is 65.6 Å². The van der Waals surface area contributed by atoms with Gasteiger partial charge in [0.2, 0.25) is 0 Å². The van der Waals surface area contributed by atoms with Crippen molar-refractivity contribution in [2.24, 2.45) is 0 Å². The van der Waals surface area contributed by atoms with E-state index in [-0.39, 0.29) is 5.91 Å². The Kier molecular flexibility index (Phi) is 7.43. The predicted octanol–water partition coefficient (Wildman–Crippen LogP) is 3.95. The molecular formula is C23H28N4O3. The maximum Gasteiger partial charge on any atom is 0.255 e. The maximum absolute atomic E-state index is 12.8. The number of ether oxygens (including phenoxy) is 2. The predicted molar refractivity (Wildman–Crippen MR) is 115 cm³/mol. The topological polar surface area (TPSA) is 78.3 Å². The number of unbranched alkanes of at least 4 members (excludes halogenated alkanes) is 1. The molecule has 1 amide bonds. The maximum atomic E-state index is 12.8. The van der Waals surface area contributed by atoms with Crippen LogP contribution in [0.3, 0.4) is 0 Å². The van der Waals surface area contributed by atoms with Gasteiger partial charge < -0.3 is 14.8 Å². The zero-order valence-electron chi connectivity index (χ0n) is 17.7. The summed E-state index contributed by atoms with van der Waals surface area (Å²) in [6.45, 7) is 5.15. The third-order valence-electron chi connectivity index (χ3n) is 4.75. The summed E-state index contributed by atoms with van der Waals surface area (Å²) in [4.78, 5) is 17.1. The number of nitrogens with one attached hydrogen (secondary N) is 1. The summed E-state index contributed by atoms with van der Waals surface area (Å²) < 4.78 is 12.9. The van der Waals surface area contributed by atoms with Crippen molar-refractivity contribution >= 4 is 5.91 Å². The number of hydrogen-bond acceptors (Lipinski definition) is 5. The summed E-state index contributed by atoms with van der Waals surface area (Å²) in [5.41, 5.74) is 2.30. The van der Waals surface area contributed by atoms with Crippen LogP contribution in [0.15, 0.2) is 48.8 Å². The summed E-state index contributed by atoms with van der Waals surface area (Å²) in [6.07, 6.45) is 6.03. The second-order valence-electron chi connectivity index (χ2n) is 6.83. The van der Waals surface area contributed by atoms with E-state index in [4.69, 9.17) is 9.47 Å². The van der Waals surface area contributed by atoms with Gasteiger partial charge in [-0.05, 0) is 42.7 Å². The van der Waals surface area contributed by atoms with Gasteiger partial charge in [0.15, 0.2) is 17.3 Å². The van der Waals surface area contributed by atoms with E-state index in [0.29, 0.717) is 42.5 Å². The molecule has 7 heteroatoms. The second kappa shape index (κ2) is 10.4. The first-order valence-corrected chi connectivity index (χ1v) is 10.2. The number of carbonyl (C=O) groups excluding carboxylic acids is 1. The standard InChI is InChI=1S/C23H28N4O3/c1-4-6-13-30-20-11-10-17(14-21(20)29-3)15-25-23(28)18-16-26-27(19(18)5-2)22-9-7-8-12-24-22/h7-12,14,16H,4-6,13,15H2,1-3H3,(H,25,28). The molecule has 158 valence electrons. The minimum absolute atomic E-state index is 0.170. The van der Waals surface area contributed by atoms with Gasteiger partial charge in [-0.3, -0.25) is 4.79 Å². The number of hydrogen-bond donors (Lipinski definition) is 1. The highest BCUT2D eigenvalue weighted by Crippen LogP contribution is 2.28. The Labute approximate surface area is 177 Å².